The first kappa shape index (κ1) is 12.4. The predicted octanol–water partition coefficient (Wildman–Crippen LogP) is 3.07. The lowest BCUT2D eigenvalue weighted by Gasteiger charge is -2.15. The van der Waals surface area contributed by atoms with Gasteiger partial charge in [-0.15, -0.1) is 0 Å². The van der Waals surface area contributed by atoms with Crippen molar-refractivity contribution in [1.29, 1.82) is 0 Å². The zero-order chi connectivity index (χ0) is 13.2. The average molecular weight is 255 g/mol. The molecule has 100 valence electrons. The molecule has 0 spiro atoms. The number of rotatable bonds is 5. The van der Waals surface area contributed by atoms with Crippen LogP contribution in [0.2, 0.25) is 0 Å². The molecule has 3 heteroatoms. The number of aromatic nitrogens is 2. The van der Waals surface area contributed by atoms with Gasteiger partial charge in [0.05, 0.1) is 11.9 Å². The van der Waals surface area contributed by atoms with Crippen molar-refractivity contribution in [2.24, 2.45) is 5.92 Å². The first-order valence-corrected chi connectivity index (χ1v) is 7.07. The summed E-state index contributed by atoms with van der Waals surface area (Å²) >= 11 is 0. The number of imidazole rings is 1. The maximum Gasteiger partial charge on any atom is 0.110 e. The Morgan fingerprint density at radius 2 is 2.05 bits per heavy atom. The summed E-state index contributed by atoms with van der Waals surface area (Å²) in [5.41, 5.74) is 2.42. The molecule has 1 unspecified atom stereocenters. The van der Waals surface area contributed by atoms with Crippen molar-refractivity contribution < 1.29 is 0 Å². The molecule has 19 heavy (non-hydrogen) atoms. The Morgan fingerprint density at radius 3 is 2.74 bits per heavy atom. The third-order valence-corrected chi connectivity index (χ3v) is 3.96. The van der Waals surface area contributed by atoms with Crippen LogP contribution >= 0.6 is 0 Å². The van der Waals surface area contributed by atoms with E-state index in [1.54, 1.807) is 0 Å². The molecule has 1 aromatic heterocycles. The van der Waals surface area contributed by atoms with E-state index in [1.807, 2.05) is 12.3 Å². The van der Waals surface area contributed by atoms with E-state index in [0.29, 0.717) is 6.04 Å². The van der Waals surface area contributed by atoms with E-state index < -0.39 is 0 Å². The Labute approximate surface area is 114 Å². The molecule has 0 bridgehead atoms. The van der Waals surface area contributed by atoms with Gasteiger partial charge in [0, 0.05) is 18.3 Å². The smallest absolute Gasteiger partial charge is 0.110 e. The van der Waals surface area contributed by atoms with Crippen LogP contribution < -0.4 is 5.32 Å². The van der Waals surface area contributed by atoms with E-state index >= 15 is 0 Å². The first-order valence-electron chi connectivity index (χ1n) is 7.07. The highest BCUT2D eigenvalue weighted by Crippen LogP contribution is 2.32. The molecule has 2 aromatic rings. The highest BCUT2D eigenvalue weighted by Gasteiger charge is 2.27. The number of para-hydroxylation sites is 1. The lowest BCUT2D eigenvalue weighted by Crippen LogP contribution is -2.28. The van der Waals surface area contributed by atoms with Crippen LogP contribution in [0.15, 0.2) is 36.5 Å². The van der Waals surface area contributed by atoms with Crippen molar-refractivity contribution >= 4 is 0 Å². The van der Waals surface area contributed by atoms with E-state index in [4.69, 9.17) is 0 Å². The second-order valence-corrected chi connectivity index (χ2v) is 5.47. The van der Waals surface area contributed by atoms with Gasteiger partial charge in [-0.1, -0.05) is 18.2 Å². The Bertz CT molecular complexity index is 540. The summed E-state index contributed by atoms with van der Waals surface area (Å²) in [7, 11) is 0. The molecular weight excluding hydrogens is 234 g/mol. The molecule has 0 radical (unpaired) electrons. The van der Waals surface area contributed by atoms with E-state index in [0.717, 1.165) is 18.3 Å². The zero-order valence-electron chi connectivity index (χ0n) is 11.6. The molecule has 1 aliphatic carbocycles. The fourth-order valence-corrected chi connectivity index (χ4v) is 2.57. The van der Waals surface area contributed by atoms with Crippen LogP contribution in [0, 0.1) is 12.8 Å². The van der Waals surface area contributed by atoms with Crippen molar-refractivity contribution in [2.45, 2.75) is 39.3 Å². The number of nitrogens with one attached hydrogen (secondary N) is 1. The molecule has 1 aromatic carbocycles. The van der Waals surface area contributed by atoms with Crippen LogP contribution in [0.5, 0.6) is 0 Å². The van der Waals surface area contributed by atoms with Crippen LogP contribution in [0.4, 0.5) is 0 Å². The normalized spacial score (nSPS) is 16.5. The molecule has 1 atom stereocenters. The fourth-order valence-electron chi connectivity index (χ4n) is 2.57. The van der Waals surface area contributed by atoms with Gasteiger partial charge in [0.25, 0.3) is 0 Å². The topological polar surface area (TPSA) is 29.9 Å². The van der Waals surface area contributed by atoms with Gasteiger partial charge in [-0.3, -0.25) is 4.57 Å². The minimum absolute atomic E-state index is 0.611. The summed E-state index contributed by atoms with van der Waals surface area (Å²) in [6.07, 6.45) is 4.74. The second-order valence-electron chi connectivity index (χ2n) is 5.47. The Balaban J connectivity index is 1.78. The molecule has 1 fully saturated rings. The van der Waals surface area contributed by atoms with Gasteiger partial charge in [0.2, 0.25) is 0 Å². The highest BCUT2D eigenvalue weighted by atomic mass is 15.1. The summed E-state index contributed by atoms with van der Waals surface area (Å²) in [6.45, 7) is 5.22. The standard InChI is InChI=1S/C16H21N3/c1-12(14-8-9-14)17-10-16-11-18-13(2)19(16)15-6-4-3-5-7-15/h3-7,11-12,14,17H,8-10H2,1-2H3. The van der Waals surface area contributed by atoms with Gasteiger partial charge < -0.3 is 5.32 Å². The van der Waals surface area contributed by atoms with Crippen molar-refractivity contribution in [3.8, 4) is 5.69 Å². The van der Waals surface area contributed by atoms with Crippen LogP contribution in [0.25, 0.3) is 5.69 Å². The van der Waals surface area contributed by atoms with Crippen LogP contribution in [0.3, 0.4) is 0 Å². The zero-order valence-corrected chi connectivity index (χ0v) is 11.6. The van der Waals surface area contributed by atoms with Crippen molar-refractivity contribution in [3.05, 3.63) is 48.0 Å². The molecule has 3 nitrogen and oxygen atoms in total. The van der Waals surface area contributed by atoms with Gasteiger partial charge >= 0.3 is 0 Å². The summed E-state index contributed by atoms with van der Waals surface area (Å²) < 4.78 is 2.23. The molecule has 1 N–H and O–H groups in total. The molecule has 1 saturated carbocycles. The second kappa shape index (κ2) is 5.17. The maximum atomic E-state index is 4.45. The highest BCUT2D eigenvalue weighted by molar-refractivity contribution is 5.35. The van der Waals surface area contributed by atoms with E-state index in [1.165, 1.54) is 24.2 Å². The summed E-state index contributed by atoms with van der Waals surface area (Å²) in [5.74, 6) is 1.93. The van der Waals surface area contributed by atoms with E-state index in [9.17, 15) is 0 Å². The molecule has 0 saturated heterocycles. The third-order valence-electron chi connectivity index (χ3n) is 3.96. The van der Waals surface area contributed by atoms with Crippen molar-refractivity contribution in [2.75, 3.05) is 0 Å². The minimum Gasteiger partial charge on any atom is -0.308 e. The molecule has 3 rings (SSSR count). The number of benzene rings is 1. The quantitative estimate of drug-likeness (QED) is 0.890. The Kier molecular flexibility index (Phi) is 3.38. The third kappa shape index (κ3) is 2.71. The first-order chi connectivity index (χ1) is 9.25. The van der Waals surface area contributed by atoms with Crippen molar-refractivity contribution in [1.82, 2.24) is 14.9 Å². The monoisotopic (exact) mass is 255 g/mol. The van der Waals surface area contributed by atoms with Gasteiger partial charge in [-0.25, -0.2) is 4.98 Å². The van der Waals surface area contributed by atoms with Crippen LogP contribution in [-0.4, -0.2) is 15.6 Å². The van der Waals surface area contributed by atoms with Crippen molar-refractivity contribution in [3.63, 3.8) is 0 Å². The Morgan fingerprint density at radius 1 is 1.32 bits per heavy atom. The van der Waals surface area contributed by atoms with Crippen LogP contribution in [-0.2, 0) is 6.54 Å². The molecule has 0 amide bonds. The number of aryl methyl sites for hydroxylation is 1. The van der Waals surface area contributed by atoms with Crippen LogP contribution in [0.1, 0.15) is 31.3 Å². The Hall–Kier alpha value is -1.61. The largest absolute Gasteiger partial charge is 0.308 e. The molecule has 1 aliphatic rings. The fraction of sp³-hybridized carbons (Fsp3) is 0.438. The lowest BCUT2D eigenvalue weighted by atomic mass is 10.2. The summed E-state index contributed by atoms with van der Waals surface area (Å²) in [6, 6.07) is 11.0. The van der Waals surface area contributed by atoms with Gasteiger partial charge in [-0.05, 0) is 44.7 Å². The summed E-state index contributed by atoms with van der Waals surface area (Å²) in [4.78, 5) is 4.45. The number of hydrogen-bond acceptors (Lipinski definition) is 2. The minimum atomic E-state index is 0.611. The van der Waals surface area contributed by atoms with Gasteiger partial charge in [-0.2, -0.15) is 0 Å². The predicted molar refractivity (Wildman–Crippen MR) is 77.3 cm³/mol. The lowest BCUT2D eigenvalue weighted by molar-refractivity contribution is 0.490. The van der Waals surface area contributed by atoms with E-state index in [2.05, 4.69) is 53.0 Å². The summed E-state index contributed by atoms with van der Waals surface area (Å²) in [5, 5.41) is 3.62. The van der Waals surface area contributed by atoms with Gasteiger partial charge in [0.1, 0.15) is 5.82 Å². The van der Waals surface area contributed by atoms with Gasteiger partial charge in [0.15, 0.2) is 0 Å². The average Bonchev–Trinajstić information content (AvgIpc) is 3.21. The van der Waals surface area contributed by atoms with E-state index in [-0.39, 0.29) is 0 Å². The maximum absolute atomic E-state index is 4.45. The molecular formula is C16H21N3. The molecule has 0 aliphatic heterocycles. The molecule has 1 heterocycles. The number of hydrogen-bond donors (Lipinski definition) is 1. The SMILES string of the molecule is Cc1ncc(CNC(C)C2CC2)n1-c1ccccc1. The number of nitrogens with zero attached hydrogens (tertiary/aromatic N) is 2.